The lowest BCUT2D eigenvalue weighted by Gasteiger charge is -2.38. The summed E-state index contributed by atoms with van der Waals surface area (Å²) in [6.45, 7) is 2.62. The van der Waals surface area contributed by atoms with Gasteiger partial charge in [0, 0.05) is 19.6 Å². The maximum Gasteiger partial charge on any atom is 0.282 e. The van der Waals surface area contributed by atoms with Crippen molar-refractivity contribution in [1.29, 1.82) is 0 Å². The van der Waals surface area contributed by atoms with Crippen LogP contribution in [0.5, 0.6) is 5.75 Å². The van der Waals surface area contributed by atoms with Gasteiger partial charge in [-0.25, -0.2) is 4.39 Å². The number of likely N-dealkylation sites (tertiary alicyclic amines) is 1. The van der Waals surface area contributed by atoms with Gasteiger partial charge >= 0.3 is 0 Å². The number of nitrogens with one attached hydrogen (secondary N) is 1. The number of benzene rings is 2. The second kappa shape index (κ2) is 10.4. The average Bonchev–Trinajstić information content (AvgIpc) is 3.37. The van der Waals surface area contributed by atoms with E-state index in [1.165, 1.54) is 23.5 Å². The molecule has 1 saturated heterocycles. The molecule has 0 saturated carbocycles. The van der Waals surface area contributed by atoms with E-state index in [1.54, 1.807) is 12.1 Å². The van der Waals surface area contributed by atoms with Gasteiger partial charge in [0.15, 0.2) is 6.10 Å². The van der Waals surface area contributed by atoms with E-state index in [4.69, 9.17) is 4.74 Å². The molecule has 2 amide bonds. The number of aromatic nitrogens is 2. The van der Waals surface area contributed by atoms with E-state index in [2.05, 4.69) is 20.4 Å². The number of anilines is 1. The number of ether oxygens (including phenoxy) is 1. The minimum atomic E-state index is -0.589. The van der Waals surface area contributed by atoms with Crippen LogP contribution in [0.15, 0.2) is 48.5 Å². The van der Waals surface area contributed by atoms with Gasteiger partial charge in [-0.15, -0.1) is 10.2 Å². The number of piperidine rings is 1. The van der Waals surface area contributed by atoms with Crippen molar-refractivity contribution in [1.82, 2.24) is 20.4 Å². The molecule has 8 nitrogen and oxygen atoms in total. The van der Waals surface area contributed by atoms with E-state index < -0.39 is 6.10 Å². The van der Waals surface area contributed by atoms with Gasteiger partial charge in [-0.2, -0.15) is 0 Å². The first kappa shape index (κ1) is 23.2. The normalized spacial score (nSPS) is 17.5. The number of halogens is 1. The quantitative estimate of drug-likeness (QED) is 0.564. The Morgan fingerprint density at radius 1 is 1.06 bits per heavy atom. The summed E-state index contributed by atoms with van der Waals surface area (Å²) >= 11 is 1.21. The molecule has 182 valence electrons. The summed E-state index contributed by atoms with van der Waals surface area (Å²) in [5.74, 6) is 0.0233. The van der Waals surface area contributed by atoms with Crippen molar-refractivity contribution in [3.63, 3.8) is 0 Å². The number of amides is 2. The van der Waals surface area contributed by atoms with Gasteiger partial charge in [0.1, 0.15) is 16.6 Å². The van der Waals surface area contributed by atoms with Crippen LogP contribution in [-0.4, -0.2) is 52.6 Å². The van der Waals surface area contributed by atoms with Gasteiger partial charge in [-0.05, 0) is 49.1 Å². The van der Waals surface area contributed by atoms with Crippen molar-refractivity contribution in [3.05, 3.63) is 69.9 Å². The Balaban J connectivity index is 1.26. The highest BCUT2D eigenvalue weighted by Crippen LogP contribution is 2.35. The number of carbonyl (C=O) groups is 2. The Labute approximate surface area is 206 Å². The molecule has 2 aliphatic heterocycles. The molecule has 35 heavy (non-hydrogen) atoms. The van der Waals surface area contributed by atoms with Crippen molar-refractivity contribution in [2.24, 2.45) is 0 Å². The minimum Gasteiger partial charge on any atom is -0.477 e. The third kappa shape index (κ3) is 5.43. The van der Waals surface area contributed by atoms with Gasteiger partial charge in [0.2, 0.25) is 5.01 Å². The molecule has 3 aromatic rings. The van der Waals surface area contributed by atoms with Crippen molar-refractivity contribution in [2.45, 2.75) is 38.5 Å². The zero-order valence-electron chi connectivity index (χ0n) is 19.2. The highest BCUT2D eigenvalue weighted by Gasteiger charge is 2.34. The lowest BCUT2D eigenvalue weighted by molar-refractivity contribution is -0.139. The van der Waals surface area contributed by atoms with Gasteiger partial charge in [-0.3, -0.25) is 9.59 Å². The zero-order chi connectivity index (χ0) is 24.2. The molecule has 3 heterocycles. The van der Waals surface area contributed by atoms with Crippen molar-refractivity contribution in [2.75, 3.05) is 24.5 Å². The molecule has 5 rings (SSSR count). The first-order valence-electron chi connectivity index (χ1n) is 11.7. The zero-order valence-corrected chi connectivity index (χ0v) is 20.0. The lowest BCUT2D eigenvalue weighted by atomic mass is 10.1. The Kier molecular flexibility index (Phi) is 6.89. The maximum atomic E-state index is 13.1. The Morgan fingerprint density at radius 2 is 1.83 bits per heavy atom. The Bertz CT molecular complexity index is 1200. The van der Waals surface area contributed by atoms with E-state index in [0.717, 1.165) is 43.6 Å². The molecule has 0 radical (unpaired) electrons. The summed E-state index contributed by atoms with van der Waals surface area (Å²) in [6.07, 6.45) is 2.61. The number of hydrogen-bond donors (Lipinski definition) is 1. The van der Waals surface area contributed by atoms with Crippen LogP contribution in [0.1, 0.15) is 39.6 Å². The van der Waals surface area contributed by atoms with E-state index in [-0.39, 0.29) is 29.2 Å². The molecule has 1 unspecified atom stereocenters. The third-order valence-corrected chi connectivity index (χ3v) is 7.06. The van der Waals surface area contributed by atoms with E-state index in [1.807, 2.05) is 29.2 Å². The summed E-state index contributed by atoms with van der Waals surface area (Å²) in [7, 11) is 0. The predicted molar refractivity (Wildman–Crippen MR) is 130 cm³/mol. The molecule has 1 N–H and O–H groups in total. The number of rotatable bonds is 6. The third-order valence-electron chi connectivity index (χ3n) is 6.16. The van der Waals surface area contributed by atoms with Crippen LogP contribution in [-0.2, 0) is 17.9 Å². The van der Waals surface area contributed by atoms with Crippen LogP contribution in [0.3, 0.4) is 0 Å². The summed E-state index contributed by atoms with van der Waals surface area (Å²) in [4.78, 5) is 29.6. The number of para-hydroxylation sites is 2. The first-order valence-corrected chi connectivity index (χ1v) is 12.5. The second-order valence-electron chi connectivity index (χ2n) is 8.65. The molecule has 2 aromatic carbocycles. The summed E-state index contributed by atoms with van der Waals surface area (Å²) in [5.41, 5.74) is 1.67. The van der Waals surface area contributed by atoms with Crippen LogP contribution in [0.2, 0.25) is 0 Å². The highest BCUT2D eigenvalue weighted by molar-refractivity contribution is 7.13. The smallest absolute Gasteiger partial charge is 0.282 e. The van der Waals surface area contributed by atoms with E-state index >= 15 is 0 Å². The summed E-state index contributed by atoms with van der Waals surface area (Å²) in [5, 5.41) is 12.0. The van der Waals surface area contributed by atoms with Crippen molar-refractivity contribution in [3.8, 4) is 5.75 Å². The lowest BCUT2D eigenvalue weighted by Crippen LogP contribution is -2.51. The van der Waals surface area contributed by atoms with Gasteiger partial charge in [0.05, 0.1) is 18.8 Å². The summed E-state index contributed by atoms with van der Waals surface area (Å²) in [6, 6.07) is 13.6. The monoisotopic (exact) mass is 495 g/mol. The molecular weight excluding hydrogens is 469 g/mol. The van der Waals surface area contributed by atoms with Crippen LogP contribution >= 0.6 is 11.3 Å². The highest BCUT2D eigenvalue weighted by atomic mass is 32.1. The van der Waals surface area contributed by atoms with Gasteiger partial charge in [-0.1, -0.05) is 35.6 Å². The second-order valence-corrected chi connectivity index (χ2v) is 9.71. The Hall–Kier alpha value is -3.53. The van der Waals surface area contributed by atoms with Gasteiger partial charge in [0.25, 0.3) is 11.8 Å². The number of hydrogen-bond acceptors (Lipinski definition) is 7. The standard InChI is InChI=1S/C25H26FN5O3S/c26-18-10-8-17(9-11-18)14-27-23(32)24-29-28-22(35-24)16-31-15-21(25(33)30-12-4-1-5-13-30)34-20-7-3-2-6-19(20)31/h2-3,6-11,21H,1,4-5,12-16H2,(H,27,32). The topological polar surface area (TPSA) is 87.7 Å². The van der Waals surface area contributed by atoms with E-state index in [9.17, 15) is 14.0 Å². The first-order chi connectivity index (χ1) is 17.1. The average molecular weight is 496 g/mol. The maximum absolute atomic E-state index is 13.1. The molecule has 2 aliphatic rings. The SMILES string of the molecule is O=C(NCc1ccc(F)cc1)c1nnc(CN2CC(C(=O)N3CCCCC3)Oc3ccccc32)s1. The van der Waals surface area contributed by atoms with Crippen LogP contribution in [0.4, 0.5) is 10.1 Å². The number of carbonyl (C=O) groups excluding carboxylic acids is 2. The number of nitrogens with zero attached hydrogens (tertiary/aromatic N) is 4. The van der Waals surface area contributed by atoms with Crippen LogP contribution in [0, 0.1) is 5.82 Å². The van der Waals surface area contributed by atoms with Crippen LogP contribution in [0.25, 0.3) is 0 Å². The molecule has 1 aromatic heterocycles. The molecule has 10 heteroatoms. The fourth-order valence-electron chi connectivity index (χ4n) is 4.34. The van der Waals surface area contributed by atoms with Crippen molar-refractivity contribution < 1.29 is 18.7 Å². The predicted octanol–water partition coefficient (Wildman–Crippen LogP) is 3.39. The van der Waals surface area contributed by atoms with Crippen LogP contribution < -0.4 is 15.0 Å². The fourth-order valence-corrected chi connectivity index (χ4v) is 5.11. The minimum absolute atomic E-state index is 0.0160. The van der Waals surface area contributed by atoms with Gasteiger partial charge < -0.3 is 19.9 Å². The summed E-state index contributed by atoms with van der Waals surface area (Å²) < 4.78 is 19.2. The largest absolute Gasteiger partial charge is 0.477 e. The van der Waals surface area contributed by atoms with E-state index in [0.29, 0.717) is 23.8 Å². The molecule has 1 atom stereocenters. The number of fused-ring (bicyclic) bond motifs is 1. The molecule has 0 spiro atoms. The molecule has 1 fully saturated rings. The Morgan fingerprint density at radius 3 is 2.63 bits per heavy atom. The fraction of sp³-hybridized carbons (Fsp3) is 0.360. The molecular formula is C25H26FN5O3S. The van der Waals surface area contributed by atoms with Crippen molar-refractivity contribution >= 4 is 28.8 Å². The molecule has 0 aliphatic carbocycles. The molecule has 0 bridgehead atoms.